The fourth-order valence-corrected chi connectivity index (χ4v) is 1.63. The Morgan fingerprint density at radius 2 is 2.19 bits per heavy atom. The lowest BCUT2D eigenvalue weighted by molar-refractivity contribution is -0.139. The van der Waals surface area contributed by atoms with Crippen molar-refractivity contribution in [3.63, 3.8) is 0 Å². The molecule has 0 aliphatic rings. The van der Waals surface area contributed by atoms with E-state index in [2.05, 4.69) is 4.98 Å². The van der Waals surface area contributed by atoms with Gasteiger partial charge in [0, 0.05) is 17.0 Å². The maximum atomic E-state index is 10.4. The summed E-state index contributed by atoms with van der Waals surface area (Å²) in [6.07, 6.45) is 1.55. The van der Waals surface area contributed by atoms with Gasteiger partial charge in [0.2, 0.25) is 0 Å². The largest absolute Gasteiger partial charge is 0.481 e. The van der Waals surface area contributed by atoms with E-state index >= 15 is 0 Å². The Labute approximate surface area is 96.4 Å². The molecule has 0 amide bonds. The number of halogens is 1. The number of carbonyl (C=O) groups is 1. The maximum Gasteiger partial charge on any atom is 0.341 e. The minimum absolute atomic E-state index is 0.373. The molecule has 16 heavy (non-hydrogen) atoms. The van der Waals surface area contributed by atoms with Crippen molar-refractivity contribution in [3.8, 4) is 5.75 Å². The first-order chi connectivity index (χ1) is 7.68. The molecule has 0 fully saturated rings. The molecule has 0 saturated carbocycles. The minimum Gasteiger partial charge on any atom is -0.481 e. The molecule has 0 aliphatic carbocycles. The number of rotatable bonds is 3. The topological polar surface area (TPSA) is 59.4 Å². The van der Waals surface area contributed by atoms with E-state index in [4.69, 9.17) is 21.4 Å². The van der Waals surface area contributed by atoms with Gasteiger partial charge in [-0.2, -0.15) is 0 Å². The van der Waals surface area contributed by atoms with Gasteiger partial charge >= 0.3 is 5.97 Å². The number of aliphatic carboxylic acids is 1. The van der Waals surface area contributed by atoms with Gasteiger partial charge in [-0.05, 0) is 12.1 Å². The third-order valence-electron chi connectivity index (χ3n) is 2.07. The van der Waals surface area contributed by atoms with Crippen molar-refractivity contribution in [1.29, 1.82) is 0 Å². The van der Waals surface area contributed by atoms with Crippen molar-refractivity contribution < 1.29 is 14.6 Å². The first-order valence-corrected chi connectivity index (χ1v) is 4.94. The molecule has 0 radical (unpaired) electrons. The number of fused-ring (bicyclic) bond motifs is 1. The van der Waals surface area contributed by atoms with Crippen molar-refractivity contribution in [2.75, 3.05) is 6.61 Å². The van der Waals surface area contributed by atoms with E-state index in [1.54, 1.807) is 30.5 Å². The molecule has 1 aromatic heterocycles. The molecule has 2 rings (SSSR count). The van der Waals surface area contributed by atoms with Crippen LogP contribution in [0.25, 0.3) is 10.8 Å². The smallest absolute Gasteiger partial charge is 0.341 e. The van der Waals surface area contributed by atoms with Crippen LogP contribution in [0.4, 0.5) is 0 Å². The van der Waals surface area contributed by atoms with Crippen LogP contribution in [-0.2, 0) is 4.79 Å². The Hall–Kier alpha value is -1.81. The SMILES string of the molecule is O=C(O)COc1cccc2c(Cl)nccc12. The number of nitrogens with zero attached hydrogens (tertiary/aromatic N) is 1. The molecule has 1 aromatic carbocycles. The number of ether oxygens (including phenoxy) is 1. The zero-order chi connectivity index (χ0) is 11.5. The molecule has 1 N–H and O–H groups in total. The highest BCUT2D eigenvalue weighted by molar-refractivity contribution is 6.34. The Kier molecular flexibility index (Phi) is 2.92. The first kappa shape index (κ1) is 10.7. The zero-order valence-electron chi connectivity index (χ0n) is 8.18. The Morgan fingerprint density at radius 3 is 2.94 bits per heavy atom. The van der Waals surface area contributed by atoms with Crippen molar-refractivity contribution in [1.82, 2.24) is 4.98 Å². The van der Waals surface area contributed by atoms with Gasteiger partial charge in [-0.3, -0.25) is 0 Å². The third-order valence-corrected chi connectivity index (χ3v) is 2.37. The second-order valence-corrected chi connectivity index (χ2v) is 3.49. The van der Waals surface area contributed by atoms with Gasteiger partial charge in [-0.15, -0.1) is 0 Å². The van der Waals surface area contributed by atoms with Crippen LogP contribution in [0.2, 0.25) is 5.15 Å². The summed E-state index contributed by atoms with van der Waals surface area (Å²) < 4.78 is 5.15. The Bertz CT molecular complexity index is 542. The average molecular weight is 238 g/mol. The van der Waals surface area contributed by atoms with Crippen LogP contribution >= 0.6 is 11.6 Å². The normalized spacial score (nSPS) is 10.3. The quantitative estimate of drug-likeness (QED) is 0.833. The van der Waals surface area contributed by atoms with Gasteiger partial charge in [-0.25, -0.2) is 9.78 Å². The highest BCUT2D eigenvalue weighted by Crippen LogP contribution is 2.28. The number of hydrogen-bond acceptors (Lipinski definition) is 3. The molecule has 0 spiro atoms. The van der Waals surface area contributed by atoms with Gasteiger partial charge in [-0.1, -0.05) is 23.7 Å². The van der Waals surface area contributed by atoms with Crippen LogP contribution in [0.3, 0.4) is 0 Å². The number of aromatic nitrogens is 1. The summed E-state index contributed by atoms with van der Waals surface area (Å²) in [6, 6.07) is 6.98. The molecule has 0 aliphatic heterocycles. The van der Waals surface area contributed by atoms with Crippen molar-refractivity contribution in [3.05, 3.63) is 35.6 Å². The van der Waals surface area contributed by atoms with Gasteiger partial charge < -0.3 is 9.84 Å². The number of carboxylic acid groups (broad SMARTS) is 1. The van der Waals surface area contributed by atoms with Crippen LogP contribution in [0, 0.1) is 0 Å². The fraction of sp³-hybridized carbons (Fsp3) is 0.0909. The molecule has 0 saturated heterocycles. The molecule has 5 heteroatoms. The monoisotopic (exact) mass is 237 g/mol. The lowest BCUT2D eigenvalue weighted by Crippen LogP contribution is -2.09. The van der Waals surface area contributed by atoms with Crippen LogP contribution < -0.4 is 4.74 Å². The maximum absolute atomic E-state index is 10.4. The van der Waals surface area contributed by atoms with E-state index in [-0.39, 0.29) is 6.61 Å². The van der Waals surface area contributed by atoms with Crippen LogP contribution in [-0.4, -0.2) is 22.7 Å². The molecule has 4 nitrogen and oxygen atoms in total. The molecule has 82 valence electrons. The van der Waals surface area contributed by atoms with Gasteiger partial charge in [0.1, 0.15) is 10.9 Å². The summed E-state index contributed by atoms with van der Waals surface area (Å²) in [7, 11) is 0. The molecule has 0 unspecified atom stereocenters. The van der Waals surface area contributed by atoms with E-state index in [0.29, 0.717) is 10.9 Å². The predicted molar refractivity (Wildman–Crippen MR) is 59.9 cm³/mol. The van der Waals surface area contributed by atoms with Crippen LogP contribution in [0.1, 0.15) is 0 Å². The van der Waals surface area contributed by atoms with E-state index in [1.807, 2.05) is 0 Å². The minimum atomic E-state index is -1.02. The molecule has 0 bridgehead atoms. The lowest BCUT2D eigenvalue weighted by atomic mass is 10.1. The molecule has 1 heterocycles. The summed E-state index contributed by atoms with van der Waals surface area (Å²) in [5.74, 6) is -0.527. The van der Waals surface area contributed by atoms with E-state index < -0.39 is 5.97 Å². The first-order valence-electron chi connectivity index (χ1n) is 4.56. The molecule has 0 atom stereocenters. The number of hydrogen-bond donors (Lipinski definition) is 1. The summed E-state index contributed by atoms with van der Waals surface area (Å²) >= 11 is 5.91. The highest BCUT2D eigenvalue weighted by atomic mass is 35.5. The molecular weight excluding hydrogens is 230 g/mol. The van der Waals surface area contributed by atoms with Gasteiger partial charge in [0.05, 0.1) is 0 Å². The lowest BCUT2D eigenvalue weighted by Gasteiger charge is -2.07. The fourth-order valence-electron chi connectivity index (χ4n) is 1.41. The Balaban J connectivity index is 2.45. The summed E-state index contributed by atoms with van der Waals surface area (Å²) in [6.45, 7) is -0.376. The average Bonchev–Trinajstić information content (AvgIpc) is 2.27. The van der Waals surface area contributed by atoms with Gasteiger partial charge in [0.25, 0.3) is 0 Å². The van der Waals surface area contributed by atoms with E-state index in [9.17, 15) is 4.79 Å². The van der Waals surface area contributed by atoms with Crippen molar-refractivity contribution >= 4 is 28.3 Å². The predicted octanol–water partition coefficient (Wildman–Crippen LogP) is 2.35. The van der Waals surface area contributed by atoms with Crippen molar-refractivity contribution in [2.45, 2.75) is 0 Å². The third kappa shape index (κ3) is 2.06. The Morgan fingerprint density at radius 1 is 1.38 bits per heavy atom. The summed E-state index contributed by atoms with van der Waals surface area (Å²) in [4.78, 5) is 14.3. The number of pyridine rings is 1. The summed E-state index contributed by atoms with van der Waals surface area (Å²) in [5.41, 5.74) is 0. The van der Waals surface area contributed by atoms with Gasteiger partial charge in [0.15, 0.2) is 6.61 Å². The van der Waals surface area contributed by atoms with E-state index in [0.717, 1.165) is 10.8 Å². The van der Waals surface area contributed by atoms with Crippen LogP contribution in [0.5, 0.6) is 5.75 Å². The molecular formula is C11H8ClNO3. The van der Waals surface area contributed by atoms with Crippen LogP contribution in [0.15, 0.2) is 30.5 Å². The standard InChI is InChI=1S/C11H8ClNO3/c12-11-8-2-1-3-9(16-6-10(14)15)7(8)4-5-13-11/h1-5H,6H2,(H,14,15). The van der Waals surface area contributed by atoms with E-state index in [1.165, 1.54) is 0 Å². The second-order valence-electron chi connectivity index (χ2n) is 3.14. The molecule has 2 aromatic rings. The van der Waals surface area contributed by atoms with Crippen molar-refractivity contribution in [2.24, 2.45) is 0 Å². The number of benzene rings is 1. The summed E-state index contributed by atoms with van der Waals surface area (Å²) in [5, 5.41) is 10.4. The zero-order valence-corrected chi connectivity index (χ0v) is 8.94. The highest BCUT2D eigenvalue weighted by Gasteiger charge is 2.06. The number of carboxylic acids is 1. The second kappa shape index (κ2) is 4.37.